The molecule has 0 fully saturated rings. The van der Waals surface area contributed by atoms with Crippen LogP contribution in [-0.2, 0) is 11.2 Å². The summed E-state index contributed by atoms with van der Waals surface area (Å²) in [7, 11) is 0. The molecule has 0 aliphatic carbocycles. The Bertz CT molecular complexity index is 692. The number of hydrogen-bond acceptors (Lipinski definition) is 3. The number of nitrogen functional groups attached to an aromatic ring is 1. The number of para-hydroxylation sites is 1. The van der Waals surface area contributed by atoms with Crippen LogP contribution in [0.2, 0.25) is 0 Å². The van der Waals surface area contributed by atoms with E-state index in [0.717, 1.165) is 21.3 Å². The molecule has 0 radical (unpaired) electrons. The molecule has 0 bridgehead atoms. The van der Waals surface area contributed by atoms with Gasteiger partial charge in [-0.15, -0.1) is 11.3 Å². The van der Waals surface area contributed by atoms with Crippen LogP contribution in [0.5, 0.6) is 0 Å². The maximum absolute atomic E-state index is 10.5. The molecule has 102 valence electrons. The van der Waals surface area contributed by atoms with Gasteiger partial charge in [0.15, 0.2) is 0 Å². The van der Waals surface area contributed by atoms with Crippen LogP contribution >= 0.6 is 11.3 Å². The van der Waals surface area contributed by atoms with Crippen LogP contribution in [0, 0.1) is 0 Å². The Morgan fingerprint density at radius 3 is 2.30 bits per heavy atom. The van der Waals surface area contributed by atoms with Crippen LogP contribution < -0.4 is 5.73 Å². The third-order valence-corrected chi connectivity index (χ3v) is 3.71. The van der Waals surface area contributed by atoms with Crippen LogP contribution in [0.1, 0.15) is 5.56 Å². The molecule has 3 nitrogen and oxygen atoms in total. The lowest BCUT2D eigenvalue weighted by Crippen LogP contribution is -1.98. The summed E-state index contributed by atoms with van der Waals surface area (Å²) < 4.78 is 1.15. The highest BCUT2D eigenvalue weighted by molar-refractivity contribution is 7.17. The van der Waals surface area contributed by atoms with Gasteiger partial charge in [-0.1, -0.05) is 36.4 Å². The number of hydrogen-bond donors (Lipinski definition) is 2. The van der Waals surface area contributed by atoms with Gasteiger partial charge in [-0.05, 0) is 34.5 Å². The first-order valence-corrected chi connectivity index (χ1v) is 7.02. The van der Waals surface area contributed by atoms with E-state index < -0.39 is 5.97 Å². The Morgan fingerprint density at radius 2 is 1.70 bits per heavy atom. The molecule has 2 aromatic carbocycles. The van der Waals surface area contributed by atoms with Crippen molar-refractivity contribution >= 4 is 33.1 Å². The predicted octanol–water partition coefficient (Wildman–Crippen LogP) is 3.80. The molecule has 0 saturated heterocycles. The number of carbonyl (C=O) groups is 1. The number of aliphatic carboxylic acids is 1. The number of carboxylic acids is 1. The number of thiophene rings is 1. The average molecular weight is 285 g/mol. The van der Waals surface area contributed by atoms with Gasteiger partial charge in [-0.3, -0.25) is 4.79 Å². The van der Waals surface area contributed by atoms with Crippen LogP contribution in [0.25, 0.3) is 10.1 Å². The summed E-state index contributed by atoms with van der Waals surface area (Å²) in [6.07, 6.45) is 0.115. The molecule has 0 amide bonds. The number of benzene rings is 2. The summed E-state index contributed by atoms with van der Waals surface area (Å²) in [5.74, 6) is -0.774. The first kappa shape index (κ1) is 14.1. The van der Waals surface area contributed by atoms with Gasteiger partial charge in [-0.25, -0.2) is 0 Å². The minimum Gasteiger partial charge on any atom is -0.481 e. The van der Waals surface area contributed by atoms with Crippen molar-refractivity contribution in [2.75, 3.05) is 5.73 Å². The second kappa shape index (κ2) is 6.73. The van der Waals surface area contributed by atoms with Crippen molar-refractivity contribution in [2.45, 2.75) is 6.42 Å². The summed E-state index contributed by atoms with van der Waals surface area (Å²) in [4.78, 5) is 10.5. The van der Waals surface area contributed by atoms with Crippen LogP contribution in [0.3, 0.4) is 0 Å². The van der Waals surface area contributed by atoms with E-state index in [1.54, 1.807) is 11.3 Å². The predicted molar refractivity (Wildman–Crippen MR) is 84.0 cm³/mol. The molecule has 1 aromatic heterocycles. The fourth-order valence-electron chi connectivity index (χ4n) is 1.79. The van der Waals surface area contributed by atoms with E-state index in [0.29, 0.717) is 0 Å². The molecule has 0 atom stereocenters. The number of nitrogens with two attached hydrogens (primary N) is 1. The fourth-order valence-corrected chi connectivity index (χ4v) is 2.75. The normalized spacial score (nSPS) is 9.80. The number of carboxylic acid groups (broad SMARTS) is 1. The second-order valence-corrected chi connectivity index (χ2v) is 5.15. The van der Waals surface area contributed by atoms with E-state index >= 15 is 0 Å². The summed E-state index contributed by atoms with van der Waals surface area (Å²) >= 11 is 1.59. The lowest BCUT2D eigenvalue weighted by molar-refractivity contribution is -0.136. The van der Waals surface area contributed by atoms with Crippen LogP contribution in [0.4, 0.5) is 5.69 Å². The minimum absolute atomic E-state index is 0.115. The first-order chi connectivity index (χ1) is 9.66. The highest BCUT2D eigenvalue weighted by Crippen LogP contribution is 2.25. The quantitative estimate of drug-likeness (QED) is 0.704. The maximum Gasteiger partial charge on any atom is 0.307 e. The Hall–Kier alpha value is -2.33. The van der Waals surface area contributed by atoms with E-state index in [-0.39, 0.29) is 6.42 Å². The van der Waals surface area contributed by atoms with Gasteiger partial charge in [0, 0.05) is 10.4 Å². The monoisotopic (exact) mass is 285 g/mol. The molecule has 0 aliphatic rings. The van der Waals surface area contributed by atoms with Crippen molar-refractivity contribution in [1.82, 2.24) is 0 Å². The van der Waals surface area contributed by atoms with Crippen molar-refractivity contribution in [3.05, 3.63) is 65.5 Å². The fraction of sp³-hybridized carbons (Fsp3) is 0.0625. The molecular weight excluding hydrogens is 270 g/mol. The first-order valence-electron chi connectivity index (χ1n) is 6.14. The van der Waals surface area contributed by atoms with Gasteiger partial charge in [0.1, 0.15) is 0 Å². The second-order valence-electron chi connectivity index (χ2n) is 4.24. The molecule has 0 aliphatic heterocycles. The average Bonchev–Trinajstić information content (AvgIpc) is 2.83. The molecule has 4 heteroatoms. The maximum atomic E-state index is 10.5. The summed E-state index contributed by atoms with van der Waals surface area (Å²) in [5.41, 5.74) is 7.09. The Morgan fingerprint density at radius 1 is 1.05 bits per heavy atom. The topological polar surface area (TPSA) is 63.3 Å². The highest BCUT2D eigenvalue weighted by atomic mass is 32.1. The molecule has 3 N–H and O–H groups in total. The van der Waals surface area contributed by atoms with Crippen molar-refractivity contribution in [2.24, 2.45) is 0 Å². The molecule has 0 saturated carbocycles. The highest BCUT2D eigenvalue weighted by Gasteiger charge is 2.06. The molecule has 0 unspecified atom stereocenters. The smallest absolute Gasteiger partial charge is 0.307 e. The van der Waals surface area contributed by atoms with E-state index in [1.807, 2.05) is 60.0 Å². The van der Waals surface area contributed by atoms with Gasteiger partial charge in [0.2, 0.25) is 0 Å². The largest absolute Gasteiger partial charge is 0.481 e. The summed E-state index contributed by atoms with van der Waals surface area (Å²) in [6.45, 7) is 0. The van der Waals surface area contributed by atoms with Gasteiger partial charge in [0.25, 0.3) is 0 Å². The van der Waals surface area contributed by atoms with E-state index in [4.69, 9.17) is 10.8 Å². The Balaban J connectivity index is 0.000000178. The lowest BCUT2D eigenvalue weighted by Gasteiger charge is -1.93. The van der Waals surface area contributed by atoms with Gasteiger partial charge in [-0.2, -0.15) is 0 Å². The van der Waals surface area contributed by atoms with Crippen LogP contribution in [0.15, 0.2) is 60.0 Å². The van der Waals surface area contributed by atoms with Crippen molar-refractivity contribution in [1.29, 1.82) is 0 Å². The van der Waals surface area contributed by atoms with Crippen molar-refractivity contribution < 1.29 is 9.90 Å². The van der Waals surface area contributed by atoms with Crippen LogP contribution in [-0.4, -0.2) is 11.1 Å². The number of anilines is 1. The molecule has 20 heavy (non-hydrogen) atoms. The zero-order valence-electron chi connectivity index (χ0n) is 10.8. The third-order valence-electron chi connectivity index (χ3n) is 2.70. The van der Waals surface area contributed by atoms with E-state index in [9.17, 15) is 4.79 Å². The standard InChI is InChI=1S/C10H8O2S.C6H7N/c11-10(12)5-7-6-13-9-4-2-1-3-8(7)9;7-6-4-2-1-3-5-6/h1-4,6H,5H2,(H,11,12);1-5H,7H2. The molecular formula is C16H15NO2S. The van der Waals surface area contributed by atoms with Gasteiger partial charge >= 0.3 is 5.97 Å². The molecule has 1 heterocycles. The molecule has 3 rings (SSSR count). The minimum atomic E-state index is -0.774. The zero-order chi connectivity index (χ0) is 14.4. The van der Waals surface area contributed by atoms with Crippen molar-refractivity contribution in [3.63, 3.8) is 0 Å². The number of rotatable bonds is 2. The van der Waals surface area contributed by atoms with E-state index in [2.05, 4.69) is 0 Å². The van der Waals surface area contributed by atoms with E-state index in [1.165, 1.54) is 0 Å². The summed E-state index contributed by atoms with van der Waals surface area (Å²) in [5, 5.41) is 11.6. The Labute approximate surface area is 121 Å². The Kier molecular flexibility index (Phi) is 4.74. The van der Waals surface area contributed by atoms with Gasteiger partial charge < -0.3 is 10.8 Å². The zero-order valence-corrected chi connectivity index (χ0v) is 11.6. The lowest BCUT2D eigenvalue weighted by atomic mass is 10.1. The third kappa shape index (κ3) is 3.83. The SMILES string of the molecule is Nc1ccccc1.O=C(O)Cc1csc2ccccc12. The summed E-state index contributed by atoms with van der Waals surface area (Å²) in [6, 6.07) is 17.3. The van der Waals surface area contributed by atoms with Crippen molar-refractivity contribution in [3.8, 4) is 0 Å². The number of fused-ring (bicyclic) bond motifs is 1. The van der Waals surface area contributed by atoms with Gasteiger partial charge in [0.05, 0.1) is 6.42 Å². The molecule has 0 spiro atoms. The molecule has 3 aromatic rings.